The maximum absolute atomic E-state index is 10.9. The highest BCUT2D eigenvalue weighted by molar-refractivity contribution is 4.76. The number of epoxide rings is 1. The summed E-state index contributed by atoms with van der Waals surface area (Å²) in [7, 11) is 0. The maximum Gasteiger partial charge on any atom is 0.335 e. The number of aromatic amines is 2. The highest BCUT2D eigenvalue weighted by Gasteiger charge is 2.28. The number of aromatic nitrogens is 3. The number of hydrogen-bond acceptors (Lipinski definition) is 4. The van der Waals surface area contributed by atoms with E-state index in [1.807, 2.05) is 9.97 Å². The molecule has 1 aliphatic heterocycles. The van der Waals surface area contributed by atoms with Crippen LogP contribution in [-0.4, -0.2) is 21.1 Å². The van der Waals surface area contributed by atoms with Crippen molar-refractivity contribution in [2.24, 2.45) is 0 Å². The van der Waals surface area contributed by atoms with Crippen molar-refractivity contribution >= 4 is 0 Å². The van der Waals surface area contributed by atoms with Crippen LogP contribution in [0.4, 0.5) is 0 Å². The van der Waals surface area contributed by atoms with Crippen molar-refractivity contribution in [2.75, 3.05) is 6.61 Å². The van der Waals surface area contributed by atoms with Crippen LogP contribution >= 0.6 is 0 Å². The minimum absolute atomic E-state index is 0.328. The van der Waals surface area contributed by atoms with Gasteiger partial charge in [0.05, 0.1) is 6.61 Å². The molecule has 0 amide bonds. The summed E-state index contributed by atoms with van der Waals surface area (Å²) in [4.78, 5) is 36.3. The largest absolute Gasteiger partial charge is 0.350 e. The molecule has 1 atom stereocenters. The molecule has 1 aromatic rings. The van der Waals surface area contributed by atoms with E-state index in [1.165, 1.54) is 0 Å². The Kier molecular flexibility index (Phi) is 1.28. The lowest BCUT2D eigenvalue weighted by molar-refractivity contribution is 0.337. The molecule has 0 spiro atoms. The second-order valence-electron chi connectivity index (χ2n) is 2.35. The van der Waals surface area contributed by atoms with E-state index in [1.54, 1.807) is 0 Å². The van der Waals surface area contributed by atoms with Crippen LogP contribution < -0.4 is 17.1 Å². The standard InChI is InChI=1S/C5H5N3O4/c9-3-6-4(10)8(2-1-12-2)5(11)7-3/h2H,1H2,(H2,6,7,9,10,11). The number of nitrogens with one attached hydrogen (secondary N) is 2. The molecule has 1 fully saturated rings. The van der Waals surface area contributed by atoms with E-state index in [2.05, 4.69) is 0 Å². The third-order valence-corrected chi connectivity index (χ3v) is 1.48. The zero-order valence-electron chi connectivity index (χ0n) is 5.86. The SMILES string of the molecule is O=c1[nH]c(=O)n(C2CO2)c(=O)[nH]1. The molecule has 0 radical (unpaired) electrons. The maximum atomic E-state index is 10.9. The minimum Gasteiger partial charge on any atom is -0.350 e. The highest BCUT2D eigenvalue weighted by Crippen LogP contribution is 2.17. The summed E-state index contributed by atoms with van der Waals surface area (Å²) in [5.41, 5.74) is -2.29. The van der Waals surface area contributed by atoms with Crippen LogP contribution in [-0.2, 0) is 4.74 Å². The first-order valence-corrected chi connectivity index (χ1v) is 3.25. The topological polar surface area (TPSA) is 100 Å². The van der Waals surface area contributed by atoms with Gasteiger partial charge >= 0.3 is 17.1 Å². The monoisotopic (exact) mass is 171 g/mol. The zero-order chi connectivity index (χ0) is 8.72. The Balaban J connectivity index is 2.75. The van der Waals surface area contributed by atoms with E-state index in [0.29, 0.717) is 6.61 Å². The molecule has 64 valence electrons. The lowest BCUT2D eigenvalue weighted by Gasteiger charge is -1.94. The second-order valence-corrected chi connectivity index (χ2v) is 2.35. The van der Waals surface area contributed by atoms with Gasteiger partial charge in [-0.1, -0.05) is 0 Å². The van der Waals surface area contributed by atoms with Gasteiger partial charge in [0.25, 0.3) is 0 Å². The molecule has 0 saturated carbocycles. The lowest BCUT2D eigenvalue weighted by atomic mass is 10.7. The fraction of sp³-hybridized carbons (Fsp3) is 0.400. The molecule has 0 aliphatic carbocycles. The average molecular weight is 171 g/mol. The number of H-pyrrole nitrogens is 2. The van der Waals surface area contributed by atoms with Gasteiger partial charge in [0, 0.05) is 0 Å². The van der Waals surface area contributed by atoms with Gasteiger partial charge in [-0.25, -0.2) is 19.0 Å². The molecule has 1 aliphatic rings. The van der Waals surface area contributed by atoms with Gasteiger partial charge in [-0.3, -0.25) is 9.97 Å². The summed E-state index contributed by atoms with van der Waals surface area (Å²) in [6.07, 6.45) is -0.516. The van der Waals surface area contributed by atoms with Crippen LogP contribution in [0.2, 0.25) is 0 Å². The predicted octanol–water partition coefficient (Wildman–Crippen LogP) is -2.25. The van der Waals surface area contributed by atoms with Gasteiger partial charge in [-0.15, -0.1) is 0 Å². The molecule has 1 aromatic heterocycles. The van der Waals surface area contributed by atoms with Crippen molar-refractivity contribution < 1.29 is 4.74 Å². The van der Waals surface area contributed by atoms with Gasteiger partial charge in [0.1, 0.15) is 0 Å². The summed E-state index contributed by atoms with van der Waals surface area (Å²) in [6.45, 7) is 0.328. The molecule has 12 heavy (non-hydrogen) atoms. The Morgan fingerprint density at radius 2 is 1.75 bits per heavy atom. The quantitative estimate of drug-likeness (QED) is 0.466. The summed E-state index contributed by atoms with van der Waals surface area (Å²) in [5, 5.41) is 0. The molecule has 2 heterocycles. The molecule has 1 saturated heterocycles. The first-order valence-electron chi connectivity index (χ1n) is 3.25. The fourth-order valence-electron chi connectivity index (χ4n) is 0.892. The average Bonchev–Trinajstić information content (AvgIpc) is 2.68. The minimum atomic E-state index is -0.804. The first kappa shape index (κ1) is 7.04. The van der Waals surface area contributed by atoms with Crippen LogP contribution in [0.5, 0.6) is 0 Å². The van der Waals surface area contributed by atoms with Gasteiger partial charge in [0.15, 0.2) is 6.23 Å². The summed E-state index contributed by atoms with van der Waals surface area (Å²) >= 11 is 0. The Bertz CT molecular complexity index is 428. The van der Waals surface area contributed by atoms with Crippen LogP contribution in [0.3, 0.4) is 0 Å². The van der Waals surface area contributed by atoms with Gasteiger partial charge in [-0.2, -0.15) is 0 Å². The number of ether oxygens (including phenoxy) is 1. The molecule has 2 N–H and O–H groups in total. The highest BCUT2D eigenvalue weighted by atomic mass is 16.6. The van der Waals surface area contributed by atoms with Crippen LogP contribution in [0.25, 0.3) is 0 Å². The van der Waals surface area contributed by atoms with Crippen molar-refractivity contribution in [3.63, 3.8) is 0 Å². The summed E-state index contributed by atoms with van der Waals surface area (Å²) < 4.78 is 5.54. The third-order valence-electron chi connectivity index (χ3n) is 1.48. The fourth-order valence-corrected chi connectivity index (χ4v) is 0.892. The normalized spacial score (nSPS) is 20.8. The van der Waals surface area contributed by atoms with Crippen molar-refractivity contribution in [1.82, 2.24) is 14.5 Å². The van der Waals surface area contributed by atoms with Crippen molar-refractivity contribution in [2.45, 2.75) is 6.23 Å². The van der Waals surface area contributed by atoms with Crippen molar-refractivity contribution in [3.8, 4) is 0 Å². The van der Waals surface area contributed by atoms with Gasteiger partial charge < -0.3 is 4.74 Å². The van der Waals surface area contributed by atoms with E-state index in [0.717, 1.165) is 4.57 Å². The van der Waals surface area contributed by atoms with Crippen LogP contribution in [0.15, 0.2) is 14.4 Å². The molecule has 1 unspecified atom stereocenters. The van der Waals surface area contributed by atoms with Crippen molar-refractivity contribution in [1.29, 1.82) is 0 Å². The molecule has 2 rings (SSSR count). The molecular weight excluding hydrogens is 166 g/mol. The molecule has 7 nitrogen and oxygen atoms in total. The van der Waals surface area contributed by atoms with E-state index >= 15 is 0 Å². The van der Waals surface area contributed by atoms with E-state index in [4.69, 9.17) is 4.74 Å². The number of rotatable bonds is 1. The lowest BCUT2D eigenvalue weighted by Crippen LogP contribution is -2.42. The second kappa shape index (κ2) is 2.18. The molecular formula is C5H5N3O4. The Hall–Kier alpha value is -1.63. The smallest absolute Gasteiger partial charge is 0.335 e. The molecule has 0 aromatic carbocycles. The van der Waals surface area contributed by atoms with Gasteiger partial charge in [0.2, 0.25) is 0 Å². The zero-order valence-corrected chi connectivity index (χ0v) is 5.86. The third kappa shape index (κ3) is 0.996. The predicted molar refractivity (Wildman–Crippen MR) is 36.9 cm³/mol. The Morgan fingerprint density at radius 3 is 2.17 bits per heavy atom. The summed E-state index contributed by atoms with van der Waals surface area (Å²) in [6, 6.07) is 0. The van der Waals surface area contributed by atoms with Crippen molar-refractivity contribution in [3.05, 3.63) is 31.5 Å². The van der Waals surface area contributed by atoms with E-state index < -0.39 is 23.3 Å². The van der Waals surface area contributed by atoms with E-state index in [9.17, 15) is 14.4 Å². The van der Waals surface area contributed by atoms with E-state index in [-0.39, 0.29) is 0 Å². The number of hydrogen-bond donors (Lipinski definition) is 2. The van der Waals surface area contributed by atoms with Gasteiger partial charge in [-0.05, 0) is 0 Å². The van der Waals surface area contributed by atoms with Crippen LogP contribution in [0.1, 0.15) is 6.23 Å². The Labute approximate surface area is 64.6 Å². The summed E-state index contributed by atoms with van der Waals surface area (Å²) in [5.74, 6) is 0. The molecule has 7 heteroatoms. The Morgan fingerprint density at radius 1 is 1.25 bits per heavy atom. The van der Waals surface area contributed by atoms with Crippen LogP contribution in [0, 0.1) is 0 Å². The molecule has 0 bridgehead atoms. The first-order chi connectivity index (χ1) is 5.68. The number of nitrogens with zero attached hydrogens (tertiary/aromatic N) is 1.